The summed E-state index contributed by atoms with van der Waals surface area (Å²) in [5, 5.41) is 9.12. The van der Waals surface area contributed by atoms with Crippen LogP contribution in [0.1, 0.15) is 21.9 Å². The van der Waals surface area contributed by atoms with Gasteiger partial charge in [0.2, 0.25) is 0 Å². The second-order valence-electron chi connectivity index (χ2n) is 12.8. The molecule has 0 N–H and O–H groups in total. The van der Waals surface area contributed by atoms with Crippen LogP contribution in [-0.2, 0) is 6.42 Å². The fourth-order valence-electron chi connectivity index (χ4n) is 8.09. The highest BCUT2D eigenvalue weighted by atomic mass is 32.1. The number of pyridine rings is 1. The third kappa shape index (κ3) is 3.57. The van der Waals surface area contributed by atoms with E-state index in [0.717, 1.165) is 44.4 Å². The zero-order chi connectivity index (χ0) is 30.8. The van der Waals surface area contributed by atoms with Crippen LogP contribution in [0, 0.1) is 0 Å². The molecule has 11 rings (SSSR count). The molecular weight excluding hydrogens is 611 g/mol. The summed E-state index contributed by atoms with van der Waals surface area (Å²) < 4.78 is 5.93. The number of rotatable bonds is 2. The number of benzene rings is 6. The summed E-state index contributed by atoms with van der Waals surface area (Å²) in [7, 11) is 0. The van der Waals surface area contributed by atoms with E-state index in [9.17, 15) is 4.79 Å². The van der Waals surface area contributed by atoms with Crippen molar-refractivity contribution in [3.63, 3.8) is 0 Å². The largest absolute Gasteiger partial charge is 0.275 e. The van der Waals surface area contributed by atoms with Gasteiger partial charge in [0.25, 0.3) is 5.56 Å². The molecule has 4 heteroatoms. The van der Waals surface area contributed by atoms with E-state index in [0.29, 0.717) is 0 Å². The summed E-state index contributed by atoms with van der Waals surface area (Å²) in [6.45, 7) is 0. The Hall–Kier alpha value is -5.29. The first-order valence-electron chi connectivity index (χ1n) is 16.1. The molecule has 0 radical (unpaired) electrons. The molecule has 10 aromatic rings. The van der Waals surface area contributed by atoms with Gasteiger partial charge in [-0.05, 0) is 100 Å². The van der Waals surface area contributed by atoms with Crippen LogP contribution in [0.3, 0.4) is 0 Å². The lowest BCUT2D eigenvalue weighted by atomic mass is 9.86. The summed E-state index contributed by atoms with van der Waals surface area (Å²) >= 11 is 3.73. The normalized spacial score (nSPS) is 14.9. The molecule has 0 amide bonds. The third-order valence-electron chi connectivity index (χ3n) is 10.3. The second-order valence-corrected chi connectivity index (χ2v) is 15.0. The Morgan fingerprint density at radius 1 is 0.553 bits per heavy atom. The average Bonchev–Trinajstić information content (AvgIpc) is 3.79. The van der Waals surface area contributed by atoms with Gasteiger partial charge < -0.3 is 0 Å². The molecule has 4 aromatic heterocycles. The molecule has 0 bridgehead atoms. The van der Waals surface area contributed by atoms with E-state index in [1.807, 2.05) is 45.3 Å². The van der Waals surface area contributed by atoms with Crippen molar-refractivity contribution in [1.82, 2.24) is 4.40 Å². The van der Waals surface area contributed by atoms with Crippen molar-refractivity contribution in [2.75, 3.05) is 0 Å². The number of thiophene rings is 2. The highest BCUT2D eigenvalue weighted by molar-refractivity contribution is 7.25. The lowest BCUT2D eigenvalue weighted by molar-refractivity contribution is 0.838. The molecule has 6 aromatic carbocycles. The molecule has 1 unspecified atom stereocenters. The predicted molar refractivity (Wildman–Crippen MR) is 203 cm³/mol. The van der Waals surface area contributed by atoms with Crippen LogP contribution in [0.2, 0.25) is 0 Å². The van der Waals surface area contributed by atoms with Gasteiger partial charge in [0.1, 0.15) is 0 Å². The minimum atomic E-state index is 0.0479. The molecule has 0 aliphatic heterocycles. The van der Waals surface area contributed by atoms with Crippen molar-refractivity contribution in [2.24, 2.45) is 0 Å². The first kappa shape index (κ1) is 25.9. The summed E-state index contributed by atoms with van der Waals surface area (Å²) in [6.07, 6.45) is 5.67. The quantitative estimate of drug-likeness (QED) is 0.173. The van der Waals surface area contributed by atoms with E-state index in [4.69, 9.17) is 0 Å². The fourth-order valence-corrected chi connectivity index (χ4v) is 10.3. The van der Waals surface area contributed by atoms with Crippen LogP contribution in [0.15, 0.2) is 132 Å². The fraction of sp³-hybridized carbons (Fsp3) is 0.0465. The number of hydrogen-bond acceptors (Lipinski definition) is 3. The average molecular weight is 636 g/mol. The Balaban J connectivity index is 1.17. The van der Waals surface area contributed by atoms with Crippen molar-refractivity contribution >= 4 is 97.0 Å². The highest BCUT2D eigenvalue weighted by Gasteiger charge is 2.23. The number of fused-ring (bicyclic) bond motifs is 11. The van der Waals surface area contributed by atoms with Crippen LogP contribution in [-0.4, -0.2) is 4.40 Å². The van der Waals surface area contributed by atoms with E-state index in [1.165, 1.54) is 57.4 Å². The molecule has 220 valence electrons. The minimum Gasteiger partial charge on any atom is -0.275 e. The van der Waals surface area contributed by atoms with Crippen LogP contribution < -0.4 is 5.56 Å². The van der Waals surface area contributed by atoms with Gasteiger partial charge in [-0.25, -0.2) is 0 Å². The van der Waals surface area contributed by atoms with Gasteiger partial charge in [0, 0.05) is 57.2 Å². The lowest BCUT2D eigenvalue weighted by Crippen LogP contribution is -2.12. The van der Waals surface area contributed by atoms with Crippen LogP contribution in [0.5, 0.6) is 0 Å². The predicted octanol–water partition coefficient (Wildman–Crippen LogP) is 11.8. The van der Waals surface area contributed by atoms with Crippen molar-refractivity contribution in [3.05, 3.63) is 154 Å². The van der Waals surface area contributed by atoms with Gasteiger partial charge in [-0.15, -0.1) is 22.7 Å². The van der Waals surface area contributed by atoms with E-state index in [-0.39, 0.29) is 11.5 Å². The van der Waals surface area contributed by atoms with Crippen molar-refractivity contribution < 1.29 is 0 Å². The van der Waals surface area contributed by atoms with E-state index < -0.39 is 0 Å². The van der Waals surface area contributed by atoms with Gasteiger partial charge in [-0.3, -0.25) is 9.20 Å². The Kier molecular flexibility index (Phi) is 5.16. The molecule has 0 spiro atoms. The van der Waals surface area contributed by atoms with Gasteiger partial charge >= 0.3 is 0 Å². The standard InChI is InChI=1S/C43H25NOS2/c45-43-31-10-2-1-7-28(31)35-22-27(26-15-18-41-34(21-26)30-9-4-6-12-39(30)47-41)23-36-32-19-24(13-16-37(32)44(43)42(35)36)25-14-17-40-33(20-25)29-8-3-5-11-38(29)46-40/h1-19,21-23,25H,20H2. The molecule has 2 nitrogen and oxygen atoms in total. The maximum atomic E-state index is 14.1. The van der Waals surface area contributed by atoms with Crippen LogP contribution in [0.4, 0.5) is 0 Å². The zero-order valence-electron chi connectivity index (χ0n) is 25.2. The molecule has 1 aliphatic rings. The summed E-state index contributed by atoms with van der Waals surface area (Å²) in [5.74, 6) is 0.276. The summed E-state index contributed by atoms with van der Waals surface area (Å²) in [4.78, 5) is 15.5. The van der Waals surface area contributed by atoms with E-state index >= 15 is 0 Å². The zero-order valence-corrected chi connectivity index (χ0v) is 26.8. The summed E-state index contributed by atoms with van der Waals surface area (Å²) in [6, 6.07) is 43.8. The Morgan fingerprint density at radius 2 is 1.23 bits per heavy atom. The molecule has 47 heavy (non-hydrogen) atoms. The van der Waals surface area contributed by atoms with Gasteiger partial charge in [-0.1, -0.05) is 72.8 Å². The minimum absolute atomic E-state index is 0.0479. The topological polar surface area (TPSA) is 21.5 Å². The third-order valence-corrected chi connectivity index (χ3v) is 12.6. The first-order valence-corrected chi connectivity index (χ1v) is 17.7. The molecular formula is C43H25NOS2. The number of aromatic nitrogens is 1. The van der Waals surface area contributed by atoms with Crippen molar-refractivity contribution in [2.45, 2.75) is 12.3 Å². The Morgan fingerprint density at radius 3 is 2.09 bits per heavy atom. The maximum Gasteiger partial charge on any atom is 0.263 e. The Labute approximate surface area is 277 Å². The van der Waals surface area contributed by atoms with Gasteiger partial charge in [-0.2, -0.15) is 0 Å². The van der Waals surface area contributed by atoms with E-state index in [1.54, 1.807) is 0 Å². The number of nitrogens with zero attached hydrogens (tertiary/aromatic N) is 1. The SMILES string of the molecule is O=c1c2ccccc2c2cc(-c3ccc4sc5ccccc5c4c3)cc3c4cc(C5C=Cc6sc7ccccc7c6C5)ccc4n1c23. The molecule has 0 fully saturated rings. The first-order chi connectivity index (χ1) is 23.2. The number of allylic oxidation sites excluding steroid dienone is 1. The van der Waals surface area contributed by atoms with Crippen molar-refractivity contribution in [3.8, 4) is 11.1 Å². The highest BCUT2D eigenvalue weighted by Crippen LogP contribution is 2.43. The monoisotopic (exact) mass is 635 g/mol. The lowest BCUT2D eigenvalue weighted by Gasteiger charge is -2.18. The molecule has 4 heterocycles. The molecule has 0 saturated heterocycles. The maximum absolute atomic E-state index is 14.1. The number of hydrogen-bond donors (Lipinski definition) is 0. The van der Waals surface area contributed by atoms with Gasteiger partial charge in [0.05, 0.1) is 11.0 Å². The van der Waals surface area contributed by atoms with Crippen molar-refractivity contribution in [1.29, 1.82) is 0 Å². The van der Waals surface area contributed by atoms with Crippen LogP contribution >= 0.6 is 22.7 Å². The molecule has 1 atom stereocenters. The molecule has 0 saturated carbocycles. The smallest absolute Gasteiger partial charge is 0.263 e. The molecule has 1 aliphatic carbocycles. The van der Waals surface area contributed by atoms with E-state index in [2.05, 4.69) is 115 Å². The second kappa shape index (κ2) is 9.38. The summed E-state index contributed by atoms with van der Waals surface area (Å²) in [5.41, 5.74) is 7.13. The van der Waals surface area contributed by atoms with Gasteiger partial charge in [0.15, 0.2) is 0 Å². The Bertz CT molecular complexity index is 3030. The van der Waals surface area contributed by atoms with Crippen LogP contribution in [0.25, 0.3) is 85.4 Å².